The van der Waals surface area contributed by atoms with Crippen molar-refractivity contribution < 1.29 is 4.79 Å². The maximum atomic E-state index is 11.5. The average Bonchev–Trinajstić information content (AvgIpc) is 2.77. The molecule has 1 amide bonds. The van der Waals surface area contributed by atoms with Crippen molar-refractivity contribution in [2.24, 2.45) is 0 Å². The van der Waals surface area contributed by atoms with Gasteiger partial charge in [-0.25, -0.2) is 0 Å². The molecule has 0 aliphatic carbocycles. The van der Waals surface area contributed by atoms with Crippen LogP contribution in [0.15, 0.2) is 0 Å². The molecule has 0 unspecified atom stereocenters. The number of carbonyl (C=O) groups excluding carboxylic acids is 1. The number of amides is 1. The number of carbonyl (C=O) groups is 1. The molecule has 88 valence electrons. The maximum absolute atomic E-state index is 11.5. The van der Waals surface area contributed by atoms with Gasteiger partial charge in [0.2, 0.25) is 5.91 Å². The fraction of sp³-hybridized carbons (Fsp3) is 0.727. The SMILES string of the molecule is CCCC(=O)N[C@H](C)c1nnc2n1CCC2. The number of rotatable bonds is 4. The van der Waals surface area contributed by atoms with E-state index < -0.39 is 0 Å². The standard InChI is InChI=1S/C11H18N4O/c1-3-5-10(16)12-8(2)11-14-13-9-6-4-7-15(9)11/h8H,3-7H2,1-2H3,(H,12,16)/t8-/m1/s1. The van der Waals surface area contributed by atoms with Gasteiger partial charge in [0.25, 0.3) is 0 Å². The van der Waals surface area contributed by atoms with E-state index in [0.29, 0.717) is 6.42 Å². The Balaban J connectivity index is 2.03. The Morgan fingerprint density at radius 3 is 3.12 bits per heavy atom. The minimum Gasteiger partial charge on any atom is -0.346 e. The monoisotopic (exact) mass is 222 g/mol. The van der Waals surface area contributed by atoms with Gasteiger partial charge >= 0.3 is 0 Å². The summed E-state index contributed by atoms with van der Waals surface area (Å²) < 4.78 is 2.12. The van der Waals surface area contributed by atoms with Gasteiger partial charge in [-0.3, -0.25) is 4.79 Å². The molecule has 1 aliphatic heterocycles. The summed E-state index contributed by atoms with van der Waals surface area (Å²) in [6, 6.07) is -0.0431. The molecule has 0 spiro atoms. The van der Waals surface area contributed by atoms with Crippen molar-refractivity contribution in [2.45, 2.75) is 52.1 Å². The average molecular weight is 222 g/mol. The first-order valence-electron chi connectivity index (χ1n) is 5.93. The molecule has 16 heavy (non-hydrogen) atoms. The highest BCUT2D eigenvalue weighted by atomic mass is 16.1. The lowest BCUT2D eigenvalue weighted by Gasteiger charge is -2.13. The van der Waals surface area contributed by atoms with Crippen molar-refractivity contribution in [3.63, 3.8) is 0 Å². The first kappa shape index (κ1) is 11.1. The number of nitrogens with one attached hydrogen (secondary N) is 1. The van der Waals surface area contributed by atoms with Crippen molar-refractivity contribution in [3.8, 4) is 0 Å². The third-order valence-electron chi connectivity index (χ3n) is 2.88. The fourth-order valence-corrected chi connectivity index (χ4v) is 2.10. The Morgan fingerprint density at radius 1 is 1.56 bits per heavy atom. The zero-order valence-electron chi connectivity index (χ0n) is 9.86. The molecule has 0 radical (unpaired) electrons. The summed E-state index contributed by atoms with van der Waals surface area (Å²) >= 11 is 0. The van der Waals surface area contributed by atoms with E-state index in [1.165, 1.54) is 0 Å². The van der Waals surface area contributed by atoms with Gasteiger partial charge in [0.1, 0.15) is 5.82 Å². The Kier molecular flexibility index (Phi) is 3.22. The fourth-order valence-electron chi connectivity index (χ4n) is 2.10. The largest absolute Gasteiger partial charge is 0.346 e. The predicted molar refractivity (Wildman–Crippen MR) is 59.8 cm³/mol. The minimum absolute atomic E-state index is 0.0431. The third-order valence-corrected chi connectivity index (χ3v) is 2.88. The van der Waals surface area contributed by atoms with E-state index in [4.69, 9.17) is 0 Å². The van der Waals surface area contributed by atoms with Crippen LogP contribution < -0.4 is 5.32 Å². The second kappa shape index (κ2) is 4.63. The summed E-state index contributed by atoms with van der Waals surface area (Å²) in [6.07, 6.45) is 3.58. The highest BCUT2D eigenvalue weighted by Crippen LogP contribution is 2.18. The van der Waals surface area contributed by atoms with E-state index in [0.717, 1.165) is 37.5 Å². The van der Waals surface area contributed by atoms with Crippen LogP contribution in [0, 0.1) is 0 Å². The second-order valence-electron chi connectivity index (χ2n) is 4.27. The Bertz CT molecular complexity index is 385. The zero-order valence-corrected chi connectivity index (χ0v) is 9.86. The number of hydrogen-bond donors (Lipinski definition) is 1. The van der Waals surface area contributed by atoms with Crippen molar-refractivity contribution >= 4 is 5.91 Å². The number of nitrogens with zero attached hydrogens (tertiary/aromatic N) is 3. The van der Waals surface area contributed by atoms with Crippen LogP contribution in [0.5, 0.6) is 0 Å². The zero-order chi connectivity index (χ0) is 11.5. The molecule has 0 bridgehead atoms. The molecule has 1 atom stereocenters. The molecule has 0 fully saturated rings. The smallest absolute Gasteiger partial charge is 0.220 e. The van der Waals surface area contributed by atoms with Gasteiger partial charge in [0, 0.05) is 19.4 Å². The topological polar surface area (TPSA) is 59.8 Å². The molecule has 1 aliphatic rings. The van der Waals surface area contributed by atoms with E-state index in [9.17, 15) is 4.79 Å². The summed E-state index contributed by atoms with van der Waals surface area (Å²) in [5.74, 6) is 2.02. The molecule has 1 aromatic heterocycles. The Labute approximate surface area is 95.2 Å². The van der Waals surface area contributed by atoms with Crippen LogP contribution in [0.3, 0.4) is 0 Å². The summed E-state index contributed by atoms with van der Waals surface area (Å²) in [4.78, 5) is 11.5. The predicted octanol–water partition coefficient (Wildman–Crippen LogP) is 1.20. The van der Waals surface area contributed by atoms with E-state index in [1.807, 2.05) is 13.8 Å². The van der Waals surface area contributed by atoms with Crippen LogP contribution in [0.1, 0.15) is 50.8 Å². The third kappa shape index (κ3) is 2.08. The molecule has 0 saturated heterocycles. The van der Waals surface area contributed by atoms with Crippen LogP contribution in [0.4, 0.5) is 0 Å². The van der Waals surface area contributed by atoms with Crippen molar-refractivity contribution in [1.82, 2.24) is 20.1 Å². The van der Waals surface area contributed by atoms with Crippen LogP contribution in [-0.2, 0) is 17.8 Å². The molecule has 1 aromatic rings. The van der Waals surface area contributed by atoms with Crippen molar-refractivity contribution in [3.05, 3.63) is 11.6 Å². The lowest BCUT2D eigenvalue weighted by atomic mass is 10.2. The van der Waals surface area contributed by atoms with Gasteiger partial charge in [0.15, 0.2) is 5.82 Å². The molecule has 1 N–H and O–H groups in total. The van der Waals surface area contributed by atoms with Crippen molar-refractivity contribution in [1.29, 1.82) is 0 Å². The van der Waals surface area contributed by atoms with E-state index in [2.05, 4.69) is 20.1 Å². The molecule has 2 rings (SSSR count). The highest BCUT2D eigenvalue weighted by molar-refractivity contribution is 5.76. The van der Waals surface area contributed by atoms with Gasteiger partial charge in [-0.1, -0.05) is 6.92 Å². The molecule has 0 aromatic carbocycles. The van der Waals surface area contributed by atoms with E-state index >= 15 is 0 Å². The van der Waals surface area contributed by atoms with Crippen molar-refractivity contribution in [2.75, 3.05) is 0 Å². The lowest BCUT2D eigenvalue weighted by molar-refractivity contribution is -0.121. The summed E-state index contributed by atoms with van der Waals surface area (Å²) in [5, 5.41) is 11.2. The van der Waals surface area contributed by atoms with E-state index in [1.54, 1.807) is 0 Å². The van der Waals surface area contributed by atoms with Gasteiger partial charge in [-0.2, -0.15) is 0 Å². The quantitative estimate of drug-likeness (QED) is 0.832. The van der Waals surface area contributed by atoms with Gasteiger partial charge in [-0.15, -0.1) is 10.2 Å². The molecular formula is C11H18N4O. The maximum Gasteiger partial charge on any atom is 0.220 e. The number of aromatic nitrogens is 3. The highest BCUT2D eigenvalue weighted by Gasteiger charge is 2.21. The second-order valence-corrected chi connectivity index (χ2v) is 4.27. The van der Waals surface area contributed by atoms with Crippen LogP contribution in [0.25, 0.3) is 0 Å². The number of fused-ring (bicyclic) bond motifs is 1. The van der Waals surface area contributed by atoms with Crippen LogP contribution in [0.2, 0.25) is 0 Å². The first-order chi connectivity index (χ1) is 7.72. The normalized spacial score (nSPS) is 15.9. The molecule has 0 saturated carbocycles. The Morgan fingerprint density at radius 2 is 2.38 bits per heavy atom. The summed E-state index contributed by atoms with van der Waals surface area (Å²) in [5.41, 5.74) is 0. The molecular weight excluding hydrogens is 204 g/mol. The lowest BCUT2D eigenvalue weighted by Crippen LogP contribution is -2.28. The van der Waals surface area contributed by atoms with E-state index in [-0.39, 0.29) is 11.9 Å². The van der Waals surface area contributed by atoms with Gasteiger partial charge < -0.3 is 9.88 Å². The first-order valence-corrected chi connectivity index (χ1v) is 5.93. The number of hydrogen-bond acceptors (Lipinski definition) is 3. The Hall–Kier alpha value is -1.39. The number of aryl methyl sites for hydroxylation is 1. The minimum atomic E-state index is -0.0431. The molecule has 5 nitrogen and oxygen atoms in total. The molecule has 5 heteroatoms. The van der Waals surface area contributed by atoms with Crippen LogP contribution >= 0.6 is 0 Å². The summed E-state index contributed by atoms with van der Waals surface area (Å²) in [6.45, 7) is 4.94. The molecule has 2 heterocycles. The van der Waals surface area contributed by atoms with Gasteiger partial charge in [0.05, 0.1) is 6.04 Å². The van der Waals surface area contributed by atoms with Crippen LogP contribution in [-0.4, -0.2) is 20.7 Å². The van der Waals surface area contributed by atoms with Gasteiger partial charge in [-0.05, 0) is 19.8 Å². The summed E-state index contributed by atoms with van der Waals surface area (Å²) in [7, 11) is 0.